The molecule has 2 nitrogen and oxygen atoms in total. The number of carbonyl (C=O) groups excluding carboxylic acids is 1. The summed E-state index contributed by atoms with van der Waals surface area (Å²) in [5, 5.41) is 0. The Morgan fingerprint density at radius 2 is 2.07 bits per heavy atom. The van der Waals surface area contributed by atoms with E-state index in [2.05, 4.69) is 36.9 Å². The number of ketones is 1. The van der Waals surface area contributed by atoms with E-state index in [1.807, 2.05) is 19.1 Å². The highest BCUT2D eigenvalue weighted by molar-refractivity contribution is 9.11. The van der Waals surface area contributed by atoms with Crippen LogP contribution >= 0.6 is 31.9 Å². The monoisotopic (exact) mass is 315 g/mol. The third-order valence-corrected chi connectivity index (χ3v) is 3.21. The van der Waals surface area contributed by atoms with Crippen molar-refractivity contribution < 1.29 is 4.79 Å². The van der Waals surface area contributed by atoms with Gasteiger partial charge >= 0.3 is 0 Å². The first-order valence-corrected chi connectivity index (χ1v) is 5.75. The minimum atomic E-state index is -0.125. The van der Waals surface area contributed by atoms with Crippen molar-refractivity contribution in [3.8, 4) is 0 Å². The number of benzene rings is 1. The van der Waals surface area contributed by atoms with Gasteiger partial charge in [0, 0.05) is 15.2 Å². The minimum Gasteiger partial charge on any atom is -0.293 e. The molecule has 0 N–H and O–H groups in total. The highest BCUT2D eigenvalue weighted by Gasteiger charge is 2.23. The molecule has 0 radical (unpaired) electrons. The van der Waals surface area contributed by atoms with Crippen molar-refractivity contribution in [2.24, 2.45) is 10.9 Å². The fourth-order valence-electron chi connectivity index (χ4n) is 1.39. The first kappa shape index (κ1) is 10.1. The van der Waals surface area contributed by atoms with E-state index >= 15 is 0 Å². The summed E-state index contributed by atoms with van der Waals surface area (Å²) < 4.78 is 1.72. The molecular weight excluding hydrogens is 310 g/mol. The van der Waals surface area contributed by atoms with E-state index < -0.39 is 0 Å². The van der Waals surface area contributed by atoms with E-state index in [0.717, 1.165) is 14.6 Å². The number of nitrogens with zero attached hydrogens (tertiary/aromatic N) is 1. The average Bonchev–Trinajstić information content (AvgIpc) is 2.10. The summed E-state index contributed by atoms with van der Waals surface area (Å²) in [6.07, 6.45) is 1.68. The van der Waals surface area contributed by atoms with E-state index in [0.29, 0.717) is 5.56 Å². The van der Waals surface area contributed by atoms with Gasteiger partial charge in [-0.3, -0.25) is 9.79 Å². The zero-order chi connectivity index (χ0) is 10.3. The lowest BCUT2D eigenvalue weighted by atomic mass is 9.96. The van der Waals surface area contributed by atoms with Crippen LogP contribution in [0.5, 0.6) is 0 Å². The van der Waals surface area contributed by atoms with Gasteiger partial charge in [0.05, 0.1) is 17.2 Å². The molecule has 0 fully saturated rings. The quantitative estimate of drug-likeness (QED) is 0.717. The predicted octanol–water partition coefficient (Wildman–Crippen LogP) is 3.75. The summed E-state index contributed by atoms with van der Waals surface area (Å²) in [6.45, 7) is 1.85. The maximum Gasteiger partial charge on any atom is 0.174 e. The van der Waals surface area contributed by atoms with Crippen LogP contribution in [0.25, 0.3) is 0 Å². The highest BCUT2D eigenvalue weighted by Crippen LogP contribution is 2.35. The van der Waals surface area contributed by atoms with Crippen molar-refractivity contribution in [3.05, 3.63) is 26.6 Å². The van der Waals surface area contributed by atoms with Crippen molar-refractivity contribution in [1.82, 2.24) is 0 Å². The number of aliphatic imine (C=N–C) groups is 1. The van der Waals surface area contributed by atoms with Gasteiger partial charge in [-0.2, -0.15) is 0 Å². The molecule has 0 spiro atoms. The lowest BCUT2D eigenvalue weighted by Crippen LogP contribution is -2.16. The second kappa shape index (κ2) is 3.59. The third-order valence-electron chi connectivity index (χ3n) is 2.13. The van der Waals surface area contributed by atoms with Gasteiger partial charge in [0.2, 0.25) is 0 Å². The topological polar surface area (TPSA) is 29.4 Å². The Bertz CT molecular complexity index is 440. The fraction of sp³-hybridized carbons (Fsp3) is 0.200. The first-order valence-electron chi connectivity index (χ1n) is 4.17. The Hall–Kier alpha value is -0.480. The van der Waals surface area contributed by atoms with E-state index in [-0.39, 0.29) is 11.7 Å². The zero-order valence-electron chi connectivity index (χ0n) is 7.42. The van der Waals surface area contributed by atoms with E-state index in [9.17, 15) is 4.79 Å². The van der Waals surface area contributed by atoms with Crippen molar-refractivity contribution >= 4 is 49.5 Å². The molecule has 0 aromatic heterocycles. The predicted molar refractivity (Wildman–Crippen MR) is 63.5 cm³/mol. The minimum absolute atomic E-state index is 0.120. The maximum absolute atomic E-state index is 11.8. The molecule has 0 aliphatic carbocycles. The van der Waals surface area contributed by atoms with Crippen LogP contribution in [-0.4, -0.2) is 12.0 Å². The number of Topliss-reactive ketones (excluding diaryl/α,β-unsaturated/α-hetero) is 1. The largest absolute Gasteiger partial charge is 0.293 e. The molecule has 1 unspecified atom stereocenters. The molecule has 0 saturated carbocycles. The third kappa shape index (κ3) is 1.57. The second-order valence-corrected chi connectivity index (χ2v) is 4.98. The molecule has 72 valence electrons. The summed E-state index contributed by atoms with van der Waals surface area (Å²) >= 11 is 6.74. The molecule has 2 rings (SSSR count). The summed E-state index contributed by atoms with van der Waals surface area (Å²) in [5.74, 6) is -0.00523. The smallest absolute Gasteiger partial charge is 0.174 e. The first-order chi connectivity index (χ1) is 6.59. The van der Waals surface area contributed by atoms with Crippen LogP contribution in [-0.2, 0) is 0 Å². The standard InChI is InChI=1S/C10H7Br2NO/c1-5-4-13-8-3-6(11)2-7(12)9(8)10(5)14/h2-5H,1H3. The van der Waals surface area contributed by atoms with Crippen molar-refractivity contribution in [1.29, 1.82) is 0 Å². The Morgan fingerprint density at radius 1 is 1.36 bits per heavy atom. The van der Waals surface area contributed by atoms with E-state index in [4.69, 9.17) is 0 Å². The molecule has 1 aromatic rings. The van der Waals surface area contributed by atoms with Gasteiger partial charge in [0.15, 0.2) is 5.78 Å². The Labute approximate surface area is 98.7 Å². The van der Waals surface area contributed by atoms with Gasteiger partial charge in [0.25, 0.3) is 0 Å². The summed E-state index contributed by atoms with van der Waals surface area (Å²) in [6, 6.07) is 3.71. The number of rotatable bonds is 0. The summed E-state index contributed by atoms with van der Waals surface area (Å²) in [5.41, 5.74) is 1.41. The fourth-order valence-corrected chi connectivity index (χ4v) is 2.79. The van der Waals surface area contributed by atoms with Crippen molar-refractivity contribution in [2.75, 3.05) is 0 Å². The van der Waals surface area contributed by atoms with Crippen LogP contribution in [0.1, 0.15) is 17.3 Å². The summed E-state index contributed by atoms with van der Waals surface area (Å²) in [4.78, 5) is 16.1. The number of fused-ring (bicyclic) bond motifs is 1. The number of halogens is 2. The number of carbonyl (C=O) groups is 1. The molecule has 4 heteroatoms. The molecule has 1 aromatic carbocycles. The van der Waals surface area contributed by atoms with Crippen LogP contribution < -0.4 is 0 Å². The molecule has 14 heavy (non-hydrogen) atoms. The summed E-state index contributed by atoms with van der Waals surface area (Å²) in [7, 11) is 0. The number of hydrogen-bond donors (Lipinski definition) is 0. The van der Waals surface area contributed by atoms with Gasteiger partial charge in [-0.25, -0.2) is 0 Å². The van der Waals surface area contributed by atoms with Gasteiger partial charge in [0.1, 0.15) is 0 Å². The molecule has 1 atom stereocenters. The molecule has 1 aliphatic heterocycles. The average molecular weight is 317 g/mol. The normalized spacial score (nSPS) is 19.6. The van der Waals surface area contributed by atoms with Crippen molar-refractivity contribution in [2.45, 2.75) is 6.92 Å². The van der Waals surface area contributed by atoms with E-state index in [1.165, 1.54) is 0 Å². The van der Waals surface area contributed by atoms with Crippen molar-refractivity contribution in [3.63, 3.8) is 0 Å². The van der Waals surface area contributed by atoms with Crippen LogP contribution in [0.3, 0.4) is 0 Å². The van der Waals surface area contributed by atoms with Gasteiger partial charge in [-0.05, 0) is 28.1 Å². The molecule has 0 amide bonds. The maximum atomic E-state index is 11.8. The lowest BCUT2D eigenvalue weighted by molar-refractivity contribution is 0.0961. The Kier molecular flexibility index (Phi) is 2.58. The number of hydrogen-bond acceptors (Lipinski definition) is 2. The molecule has 0 bridgehead atoms. The second-order valence-electron chi connectivity index (χ2n) is 3.21. The Morgan fingerprint density at radius 3 is 2.79 bits per heavy atom. The molecule has 1 heterocycles. The van der Waals surface area contributed by atoms with Gasteiger partial charge in [-0.1, -0.05) is 22.9 Å². The van der Waals surface area contributed by atoms with Gasteiger partial charge < -0.3 is 0 Å². The van der Waals surface area contributed by atoms with Crippen LogP contribution in [0.15, 0.2) is 26.1 Å². The lowest BCUT2D eigenvalue weighted by Gasteiger charge is -2.15. The SMILES string of the molecule is CC1C=Nc2cc(Br)cc(Br)c2C1=O. The molecule has 1 aliphatic rings. The molecular formula is C10H7Br2NO. The van der Waals surface area contributed by atoms with Crippen LogP contribution in [0, 0.1) is 5.92 Å². The van der Waals surface area contributed by atoms with Crippen LogP contribution in [0.4, 0.5) is 5.69 Å². The van der Waals surface area contributed by atoms with Crippen LogP contribution in [0.2, 0.25) is 0 Å². The zero-order valence-corrected chi connectivity index (χ0v) is 10.6. The Balaban J connectivity index is 2.69. The highest BCUT2D eigenvalue weighted by atomic mass is 79.9. The molecule has 0 saturated heterocycles. The van der Waals surface area contributed by atoms with Gasteiger partial charge in [-0.15, -0.1) is 0 Å². The van der Waals surface area contributed by atoms with E-state index in [1.54, 1.807) is 6.21 Å².